The van der Waals surface area contributed by atoms with E-state index in [2.05, 4.69) is 15.3 Å². The fraction of sp³-hybridized carbons (Fsp3) is 0.231. The molecule has 1 saturated heterocycles. The zero-order valence-electron chi connectivity index (χ0n) is 18.4. The number of halogens is 1. The Labute approximate surface area is 202 Å². The van der Waals surface area contributed by atoms with Crippen molar-refractivity contribution in [3.63, 3.8) is 0 Å². The SMILES string of the molecule is O=C([C@H](O)c1ccccc1)n1nc(-c2ccc(Cl)cc2)c(-c2ccncn2)c1C1CCNCC1. The Balaban J connectivity index is 1.73. The largest absolute Gasteiger partial charge is 0.378 e. The van der Waals surface area contributed by atoms with Crippen LogP contribution in [0, 0.1) is 0 Å². The van der Waals surface area contributed by atoms with Crippen LogP contribution in [-0.2, 0) is 0 Å². The maximum absolute atomic E-state index is 13.7. The van der Waals surface area contributed by atoms with Crippen LogP contribution in [0.25, 0.3) is 22.5 Å². The minimum atomic E-state index is -1.34. The van der Waals surface area contributed by atoms with Gasteiger partial charge in [-0.15, -0.1) is 0 Å². The molecule has 0 saturated carbocycles. The molecule has 34 heavy (non-hydrogen) atoms. The lowest BCUT2D eigenvalue weighted by Crippen LogP contribution is -2.30. The first-order chi connectivity index (χ1) is 16.6. The average molecular weight is 474 g/mol. The molecule has 8 heteroatoms. The van der Waals surface area contributed by atoms with Gasteiger partial charge in [-0.3, -0.25) is 4.79 Å². The van der Waals surface area contributed by atoms with Gasteiger partial charge in [-0.1, -0.05) is 54.1 Å². The first-order valence-corrected chi connectivity index (χ1v) is 11.6. The topological polar surface area (TPSA) is 92.9 Å². The van der Waals surface area contributed by atoms with E-state index in [0.29, 0.717) is 22.0 Å². The normalized spacial score (nSPS) is 15.2. The second kappa shape index (κ2) is 9.85. The maximum atomic E-state index is 13.7. The standard InChI is InChI=1S/C26H24ClN5O2/c27-20-8-6-17(7-9-20)23-22(21-12-15-29-16-30-21)24(18-10-13-28-14-11-18)32(31-23)26(34)25(33)19-4-2-1-3-5-19/h1-9,12,15-16,18,25,28,33H,10-11,13-14H2/t25-/m1/s1. The number of carbonyl (C=O) groups is 1. The first-order valence-electron chi connectivity index (χ1n) is 11.3. The minimum absolute atomic E-state index is 0.0756. The summed E-state index contributed by atoms with van der Waals surface area (Å²) >= 11 is 6.13. The lowest BCUT2D eigenvalue weighted by Gasteiger charge is -2.25. The fourth-order valence-electron chi connectivity index (χ4n) is 4.47. The van der Waals surface area contributed by atoms with E-state index in [1.54, 1.807) is 42.6 Å². The molecule has 0 amide bonds. The predicted molar refractivity (Wildman–Crippen MR) is 131 cm³/mol. The van der Waals surface area contributed by atoms with Crippen LogP contribution in [-0.4, -0.2) is 43.9 Å². The molecule has 3 heterocycles. The number of hydrogen-bond donors (Lipinski definition) is 2. The summed E-state index contributed by atoms with van der Waals surface area (Å²) in [6.07, 6.45) is 3.53. The van der Waals surface area contributed by atoms with E-state index >= 15 is 0 Å². The fourth-order valence-corrected chi connectivity index (χ4v) is 4.59. The summed E-state index contributed by atoms with van der Waals surface area (Å²) < 4.78 is 1.40. The number of carbonyl (C=O) groups excluding carboxylic acids is 1. The molecule has 0 spiro atoms. The molecule has 2 aromatic heterocycles. The van der Waals surface area contributed by atoms with Crippen molar-refractivity contribution in [3.8, 4) is 22.5 Å². The molecule has 0 bridgehead atoms. The molecule has 0 unspecified atom stereocenters. The molecular weight excluding hydrogens is 450 g/mol. The van der Waals surface area contributed by atoms with Gasteiger partial charge in [0, 0.05) is 22.7 Å². The van der Waals surface area contributed by atoms with Crippen molar-refractivity contribution in [3.05, 3.63) is 89.5 Å². The van der Waals surface area contributed by atoms with Gasteiger partial charge in [0.15, 0.2) is 6.10 Å². The molecule has 172 valence electrons. The molecule has 0 aliphatic carbocycles. The molecule has 0 radical (unpaired) electrons. The lowest BCUT2D eigenvalue weighted by molar-refractivity contribution is 0.0630. The monoisotopic (exact) mass is 473 g/mol. The van der Waals surface area contributed by atoms with Crippen LogP contribution in [0.3, 0.4) is 0 Å². The summed E-state index contributed by atoms with van der Waals surface area (Å²) in [5.41, 5.74) is 4.19. The lowest BCUT2D eigenvalue weighted by atomic mass is 9.89. The first kappa shape index (κ1) is 22.4. The van der Waals surface area contributed by atoms with E-state index in [9.17, 15) is 9.90 Å². The number of piperidine rings is 1. The van der Waals surface area contributed by atoms with Crippen molar-refractivity contribution in [2.24, 2.45) is 0 Å². The Morgan fingerprint density at radius 1 is 1.06 bits per heavy atom. The molecule has 4 aromatic rings. The molecule has 5 rings (SSSR count). The highest BCUT2D eigenvalue weighted by atomic mass is 35.5. The van der Waals surface area contributed by atoms with Crippen molar-refractivity contribution in [1.82, 2.24) is 25.1 Å². The molecule has 2 aromatic carbocycles. The Kier molecular flexibility index (Phi) is 6.49. The third kappa shape index (κ3) is 4.37. The van der Waals surface area contributed by atoms with Gasteiger partial charge in [0.2, 0.25) is 0 Å². The zero-order chi connectivity index (χ0) is 23.5. The predicted octanol–water partition coefficient (Wildman–Crippen LogP) is 4.50. The molecule has 1 atom stereocenters. The molecule has 1 fully saturated rings. The Hall–Kier alpha value is -3.39. The zero-order valence-corrected chi connectivity index (χ0v) is 19.2. The summed E-state index contributed by atoms with van der Waals surface area (Å²) in [5, 5.41) is 19.8. The molecule has 2 N–H and O–H groups in total. The smallest absolute Gasteiger partial charge is 0.280 e. The summed E-state index contributed by atoms with van der Waals surface area (Å²) in [4.78, 5) is 22.2. The van der Waals surface area contributed by atoms with E-state index in [-0.39, 0.29) is 5.92 Å². The number of rotatable bonds is 5. The highest BCUT2D eigenvalue weighted by Gasteiger charge is 2.33. The number of nitrogens with zero attached hydrogens (tertiary/aromatic N) is 4. The Morgan fingerprint density at radius 3 is 2.47 bits per heavy atom. The second-order valence-corrected chi connectivity index (χ2v) is 8.73. The number of hydrogen-bond acceptors (Lipinski definition) is 6. The van der Waals surface area contributed by atoms with E-state index in [4.69, 9.17) is 16.7 Å². The summed E-state index contributed by atoms with van der Waals surface area (Å²) in [5.74, 6) is -0.415. The van der Waals surface area contributed by atoms with Gasteiger partial charge < -0.3 is 10.4 Å². The van der Waals surface area contributed by atoms with Gasteiger partial charge >= 0.3 is 0 Å². The number of aliphatic hydroxyl groups is 1. The summed E-state index contributed by atoms with van der Waals surface area (Å²) in [6, 6.07) is 18.1. The van der Waals surface area contributed by atoms with E-state index in [0.717, 1.165) is 42.8 Å². The molecule has 1 aliphatic heterocycles. The van der Waals surface area contributed by atoms with E-state index in [1.165, 1.54) is 11.0 Å². The second-order valence-electron chi connectivity index (χ2n) is 8.30. The average Bonchev–Trinajstić information content (AvgIpc) is 3.30. The Morgan fingerprint density at radius 2 is 1.79 bits per heavy atom. The van der Waals surface area contributed by atoms with Crippen molar-refractivity contribution in [2.75, 3.05) is 13.1 Å². The maximum Gasteiger partial charge on any atom is 0.280 e. The van der Waals surface area contributed by atoms with Gasteiger partial charge in [-0.25, -0.2) is 14.6 Å². The molecule has 1 aliphatic rings. The minimum Gasteiger partial charge on any atom is -0.378 e. The number of nitrogens with one attached hydrogen (secondary N) is 1. The highest BCUT2D eigenvalue weighted by Crippen LogP contribution is 2.40. The molecule has 7 nitrogen and oxygen atoms in total. The summed E-state index contributed by atoms with van der Waals surface area (Å²) in [6.45, 7) is 1.68. The van der Waals surface area contributed by atoms with Crippen LogP contribution in [0.5, 0.6) is 0 Å². The van der Waals surface area contributed by atoms with Crippen LogP contribution in [0.4, 0.5) is 0 Å². The molecular formula is C26H24ClN5O2. The van der Waals surface area contributed by atoms with Crippen LogP contribution in [0.1, 0.15) is 40.9 Å². The third-order valence-corrected chi connectivity index (χ3v) is 6.41. The number of aliphatic hydroxyl groups excluding tert-OH is 1. The highest BCUT2D eigenvalue weighted by molar-refractivity contribution is 6.30. The van der Waals surface area contributed by atoms with Gasteiger partial charge in [0.25, 0.3) is 5.91 Å². The van der Waals surface area contributed by atoms with E-state index < -0.39 is 12.0 Å². The number of benzene rings is 2. The van der Waals surface area contributed by atoms with Crippen LogP contribution in [0.2, 0.25) is 5.02 Å². The number of aromatic nitrogens is 4. The van der Waals surface area contributed by atoms with Gasteiger partial charge in [0.1, 0.15) is 12.0 Å². The van der Waals surface area contributed by atoms with Crippen molar-refractivity contribution in [2.45, 2.75) is 24.9 Å². The third-order valence-electron chi connectivity index (χ3n) is 6.16. The Bertz CT molecular complexity index is 1270. The van der Waals surface area contributed by atoms with E-state index in [1.807, 2.05) is 24.3 Å². The van der Waals surface area contributed by atoms with Crippen molar-refractivity contribution >= 4 is 17.5 Å². The quantitative estimate of drug-likeness (QED) is 0.443. The summed E-state index contributed by atoms with van der Waals surface area (Å²) in [7, 11) is 0. The van der Waals surface area contributed by atoms with Gasteiger partial charge in [-0.2, -0.15) is 5.10 Å². The van der Waals surface area contributed by atoms with Gasteiger partial charge in [0.05, 0.1) is 17.0 Å². The van der Waals surface area contributed by atoms with Crippen molar-refractivity contribution in [1.29, 1.82) is 0 Å². The van der Waals surface area contributed by atoms with Crippen LogP contribution >= 0.6 is 11.6 Å². The van der Waals surface area contributed by atoms with Gasteiger partial charge in [-0.05, 0) is 49.7 Å². The van der Waals surface area contributed by atoms with Crippen LogP contribution < -0.4 is 5.32 Å². The van der Waals surface area contributed by atoms with Crippen molar-refractivity contribution < 1.29 is 9.90 Å². The van der Waals surface area contributed by atoms with Crippen LogP contribution in [0.15, 0.2) is 73.2 Å².